The quantitative estimate of drug-likeness (QED) is 0.532. The van der Waals surface area contributed by atoms with Crippen LogP contribution in [0.3, 0.4) is 0 Å². The van der Waals surface area contributed by atoms with Gasteiger partial charge in [0.1, 0.15) is 23.6 Å². The Bertz CT molecular complexity index is 1210. The number of hydrogen-bond donors (Lipinski definition) is 2. The summed E-state index contributed by atoms with van der Waals surface area (Å²) in [6.45, 7) is 0. The smallest absolute Gasteiger partial charge is 0.146 e. The Kier molecular flexibility index (Phi) is 3.93. The van der Waals surface area contributed by atoms with Crippen molar-refractivity contribution in [2.75, 3.05) is 11.5 Å². The monoisotopic (exact) mass is 371 g/mol. The largest absolute Gasteiger partial charge is 0.383 e. The third kappa shape index (κ3) is 2.94. The first-order chi connectivity index (χ1) is 13.7. The lowest BCUT2D eigenvalue weighted by molar-refractivity contribution is 0.603. The average molecular weight is 371 g/mol. The molecule has 5 rings (SSSR count). The molecule has 1 aliphatic carbocycles. The maximum Gasteiger partial charge on any atom is 0.146 e. The van der Waals surface area contributed by atoms with Crippen LogP contribution >= 0.6 is 0 Å². The van der Waals surface area contributed by atoms with E-state index < -0.39 is 0 Å². The van der Waals surface area contributed by atoms with E-state index in [9.17, 15) is 0 Å². The summed E-state index contributed by atoms with van der Waals surface area (Å²) in [7, 11) is 0. The van der Waals surface area contributed by atoms with Gasteiger partial charge in [-0.05, 0) is 49.4 Å². The van der Waals surface area contributed by atoms with Gasteiger partial charge in [0.2, 0.25) is 0 Å². The van der Waals surface area contributed by atoms with Crippen molar-refractivity contribution in [1.82, 2.24) is 24.5 Å². The summed E-state index contributed by atoms with van der Waals surface area (Å²) >= 11 is 0. The molecule has 0 radical (unpaired) electrons. The summed E-state index contributed by atoms with van der Waals surface area (Å²) < 4.78 is 2.20. The van der Waals surface area contributed by atoms with E-state index in [0.717, 1.165) is 47.8 Å². The van der Waals surface area contributed by atoms with Gasteiger partial charge < -0.3 is 16.0 Å². The first-order valence-electron chi connectivity index (χ1n) is 9.45. The SMILES string of the molecule is Nc1cnc2ccc(CCC3=C[C@@H](n4ccc5c(N)ncnc54)CC3)cc2n1. The van der Waals surface area contributed by atoms with Gasteiger partial charge in [0, 0.05) is 6.20 Å². The zero-order chi connectivity index (χ0) is 19.1. The number of nitrogens with zero attached hydrogens (tertiary/aromatic N) is 5. The Morgan fingerprint density at radius 1 is 1.04 bits per heavy atom. The summed E-state index contributed by atoms with van der Waals surface area (Å²) in [5.74, 6) is 0.986. The zero-order valence-electron chi connectivity index (χ0n) is 15.4. The fourth-order valence-corrected chi connectivity index (χ4v) is 3.99. The Hall–Kier alpha value is -3.48. The number of aryl methyl sites for hydroxylation is 1. The van der Waals surface area contributed by atoms with Gasteiger partial charge in [-0.15, -0.1) is 0 Å². The lowest BCUT2D eigenvalue weighted by Crippen LogP contribution is -2.03. The molecule has 3 heterocycles. The van der Waals surface area contributed by atoms with Gasteiger partial charge in [-0.1, -0.05) is 17.7 Å². The highest BCUT2D eigenvalue weighted by molar-refractivity contribution is 5.86. The Balaban J connectivity index is 1.33. The zero-order valence-corrected chi connectivity index (χ0v) is 15.4. The van der Waals surface area contributed by atoms with E-state index >= 15 is 0 Å². The first-order valence-corrected chi connectivity index (χ1v) is 9.45. The topological polar surface area (TPSA) is 109 Å². The second-order valence-corrected chi connectivity index (χ2v) is 7.27. The normalized spacial score (nSPS) is 16.7. The molecule has 0 fully saturated rings. The number of nitrogen functional groups attached to an aromatic ring is 2. The minimum Gasteiger partial charge on any atom is -0.383 e. The number of benzene rings is 1. The van der Waals surface area contributed by atoms with Crippen molar-refractivity contribution in [1.29, 1.82) is 0 Å². The van der Waals surface area contributed by atoms with Crippen LogP contribution in [0, 0.1) is 0 Å². The summed E-state index contributed by atoms with van der Waals surface area (Å²) in [4.78, 5) is 17.2. The van der Waals surface area contributed by atoms with Crippen LogP contribution in [0.4, 0.5) is 11.6 Å². The van der Waals surface area contributed by atoms with E-state index in [4.69, 9.17) is 11.5 Å². The molecule has 0 unspecified atom stereocenters. The van der Waals surface area contributed by atoms with Gasteiger partial charge in [0.05, 0.1) is 28.7 Å². The maximum absolute atomic E-state index is 5.96. The third-order valence-electron chi connectivity index (χ3n) is 5.45. The van der Waals surface area contributed by atoms with Crippen LogP contribution in [-0.4, -0.2) is 24.5 Å². The molecule has 7 nitrogen and oxygen atoms in total. The van der Waals surface area contributed by atoms with Gasteiger partial charge in [-0.2, -0.15) is 0 Å². The Morgan fingerprint density at radius 3 is 2.89 bits per heavy atom. The molecular weight excluding hydrogens is 350 g/mol. The molecule has 28 heavy (non-hydrogen) atoms. The van der Waals surface area contributed by atoms with Gasteiger partial charge >= 0.3 is 0 Å². The summed E-state index contributed by atoms with van der Waals surface area (Å²) in [5, 5.41) is 0.917. The van der Waals surface area contributed by atoms with Gasteiger partial charge in [0.25, 0.3) is 0 Å². The average Bonchev–Trinajstić information content (AvgIpc) is 3.33. The number of allylic oxidation sites excluding steroid dienone is 2. The minimum absolute atomic E-state index is 0.323. The molecule has 3 aromatic heterocycles. The first kappa shape index (κ1) is 16.7. The predicted molar refractivity (Wildman–Crippen MR) is 111 cm³/mol. The maximum atomic E-state index is 5.96. The van der Waals surface area contributed by atoms with Crippen LogP contribution in [0.25, 0.3) is 22.1 Å². The lowest BCUT2D eigenvalue weighted by atomic mass is 10.0. The molecule has 7 heteroatoms. The molecule has 1 atom stereocenters. The fourth-order valence-electron chi connectivity index (χ4n) is 3.99. The highest BCUT2D eigenvalue weighted by atomic mass is 15.1. The van der Waals surface area contributed by atoms with Gasteiger partial charge in [-0.3, -0.25) is 4.98 Å². The van der Waals surface area contributed by atoms with Crippen LogP contribution < -0.4 is 11.5 Å². The van der Waals surface area contributed by atoms with Gasteiger partial charge in [-0.25, -0.2) is 15.0 Å². The number of anilines is 2. The molecule has 4 N–H and O–H groups in total. The van der Waals surface area contributed by atoms with E-state index in [1.165, 1.54) is 17.5 Å². The summed E-state index contributed by atoms with van der Waals surface area (Å²) in [5.41, 5.74) is 17.1. The van der Waals surface area contributed by atoms with Crippen LogP contribution in [-0.2, 0) is 6.42 Å². The molecule has 0 saturated carbocycles. The molecule has 0 aliphatic heterocycles. The highest BCUT2D eigenvalue weighted by Gasteiger charge is 2.19. The highest BCUT2D eigenvalue weighted by Crippen LogP contribution is 2.33. The number of fused-ring (bicyclic) bond motifs is 2. The van der Waals surface area contributed by atoms with Gasteiger partial charge in [0.15, 0.2) is 0 Å². The number of hydrogen-bond acceptors (Lipinski definition) is 6. The van der Waals surface area contributed by atoms with Crippen molar-refractivity contribution < 1.29 is 0 Å². The molecule has 0 amide bonds. The number of aromatic nitrogens is 5. The van der Waals surface area contributed by atoms with E-state index in [1.54, 1.807) is 6.20 Å². The molecule has 4 aromatic rings. The van der Waals surface area contributed by atoms with Crippen molar-refractivity contribution in [2.45, 2.75) is 31.7 Å². The third-order valence-corrected chi connectivity index (χ3v) is 5.45. The van der Waals surface area contributed by atoms with E-state index in [1.807, 2.05) is 12.1 Å². The van der Waals surface area contributed by atoms with Crippen LogP contribution in [0.15, 0.2) is 54.6 Å². The standard InChI is InChI=1S/C21H21N7/c22-19-11-24-17-6-4-14(10-18(17)27-19)2-1-13-3-5-15(9-13)28-8-7-16-20(23)25-12-26-21(16)28/h4,6-12,15H,1-3,5H2,(H2,22,27)(H2,23,25,26)/t15-/m0/s1. The predicted octanol–water partition coefficient (Wildman–Crippen LogP) is 3.43. The van der Waals surface area contributed by atoms with Crippen molar-refractivity contribution in [3.05, 3.63) is 60.2 Å². The molecule has 0 saturated heterocycles. The van der Waals surface area contributed by atoms with Crippen molar-refractivity contribution in [2.24, 2.45) is 0 Å². The molecule has 1 aliphatic rings. The van der Waals surface area contributed by atoms with Crippen LogP contribution in [0.5, 0.6) is 0 Å². The number of rotatable bonds is 4. The second kappa shape index (κ2) is 6.60. The van der Waals surface area contributed by atoms with Crippen molar-refractivity contribution in [3.8, 4) is 0 Å². The molecule has 140 valence electrons. The lowest BCUT2D eigenvalue weighted by Gasteiger charge is -2.10. The molecule has 0 bridgehead atoms. The second-order valence-electron chi connectivity index (χ2n) is 7.27. The van der Waals surface area contributed by atoms with Crippen LogP contribution in [0.2, 0.25) is 0 Å². The molecule has 1 aromatic carbocycles. The summed E-state index contributed by atoms with van der Waals surface area (Å²) in [6.07, 6.45) is 11.8. The summed E-state index contributed by atoms with van der Waals surface area (Å²) in [6, 6.07) is 8.55. The van der Waals surface area contributed by atoms with Crippen molar-refractivity contribution >= 4 is 33.7 Å². The van der Waals surface area contributed by atoms with E-state index in [-0.39, 0.29) is 0 Å². The molecule has 0 spiro atoms. The van der Waals surface area contributed by atoms with E-state index in [0.29, 0.717) is 17.7 Å². The van der Waals surface area contributed by atoms with Crippen LogP contribution in [0.1, 0.15) is 30.9 Å². The van der Waals surface area contributed by atoms with E-state index in [2.05, 4.69) is 48.9 Å². The van der Waals surface area contributed by atoms with Crippen molar-refractivity contribution in [3.63, 3.8) is 0 Å². The Morgan fingerprint density at radius 2 is 1.96 bits per heavy atom. The fraction of sp³-hybridized carbons (Fsp3) is 0.238. The number of nitrogens with two attached hydrogens (primary N) is 2. The Labute approximate surface area is 162 Å². The molecular formula is C21H21N7. The minimum atomic E-state index is 0.323.